The number of hydrogen-bond donors (Lipinski definition) is 1. The van der Waals surface area contributed by atoms with Gasteiger partial charge in [-0.3, -0.25) is 0 Å². The molecule has 5 heteroatoms. The Bertz CT molecular complexity index is 376. The standard InChI is InChI=1S/C14H21BrFNO2/c1-3-18-8-4-7-17-10-11(2)19-14-9-12(16)5-6-13(14)15/h5-6,9,11,17H,3-4,7-8,10H2,1-2H3. The van der Waals surface area contributed by atoms with Crippen molar-refractivity contribution in [2.24, 2.45) is 0 Å². The Balaban J connectivity index is 2.23. The molecule has 19 heavy (non-hydrogen) atoms. The van der Waals surface area contributed by atoms with Crippen molar-refractivity contribution in [1.82, 2.24) is 5.32 Å². The van der Waals surface area contributed by atoms with E-state index in [-0.39, 0.29) is 11.9 Å². The second-order valence-corrected chi connectivity index (χ2v) is 5.11. The van der Waals surface area contributed by atoms with Gasteiger partial charge >= 0.3 is 0 Å². The molecule has 0 aromatic heterocycles. The van der Waals surface area contributed by atoms with E-state index in [0.29, 0.717) is 5.75 Å². The number of hydrogen-bond acceptors (Lipinski definition) is 3. The maximum Gasteiger partial charge on any atom is 0.136 e. The zero-order chi connectivity index (χ0) is 14.1. The first-order valence-corrected chi connectivity index (χ1v) is 7.33. The monoisotopic (exact) mass is 333 g/mol. The lowest BCUT2D eigenvalue weighted by molar-refractivity contribution is 0.143. The summed E-state index contributed by atoms with van der Waals surface area (Å²) in [7, 11) is 0. The van der Waals surface area contributed by atoms with Crippen LogP contribution in [0.25, 0.3) is 0 Å². The fraction of sp³-hybridized carbons (Fsp3) is 0.571. The van der Waals surface area contributed by atoms with E-state index in [2.05, 4.69) is 21.2 Å². The molecule has 0 aliphatic heterocycles. The average molecular weight is 334 g/mol. The molecule has 0 bridgehead atoms. The Hall–Kier alpha value is -0.650. The number of rotatable bonds is 9. The van der Waals surface area contributed by atoms with E-state index >= 15 is 0 Å². The topological polar surface area (TPSA) is 30.5 Å². The van der Waals surface area contributed by atoms with Crippen molar-refractivity contribution in [3.05, 3.63) is 28.5 Å². The molecule has 0 radical (unpaired) electrons. The third-order valence-corrected chi connectivity index (χ3v) is 3.15. The molecule has 0 saturated heterocycles. The van der Waals surface area contributed by atoms with Crippen molar-refractivity contribution in [2.75, 3.05) is 26.3 Å². The molecular formula is C14H21BrFNO2. The first kappa shape index (κ1) is 16.4. The highest BCUT2D eigenvalue weighted by Gasteiger charge is 2.08. The van der Waals surface area contributed by atoms with Crippen LogP contribution in [0, 0.1) is 5.82 Å². The van der Waals surface area contributed by atoms with Gasteiger partial charge in [-0.2, -0.15) is 0 Å². The summed E-state index contributed by atoms with van der Waals surface area (Å²) >= 11 is 3.34. The summed E-state index contributed by atoms with van der Waals surface area (Å²) in [6.07, 6.45) is 0.953. The summed E-state index contributed by atoms with van der Waals surface area (Å²) in [4.78, 5) is 0. The van der Waals surface area contributed by atoms with Gasteiger partial charge in [0.25, 0.3) is 0 Å². The van der Waals surface area contributed by atoms with Crippen molar-refractivity contribution >= 4 is 15.9 Å². The number of nitrogens with one attached hydrogen (secondary N) is 1. The van der Waals surface area contributed by atoms with E-state index < -0.39 is 0 Å². The number of halogens is 2. The number of benzene rings is 1. The summed E-state index contributed by atoms with van der Waals surface area (Å²) in [6.45, 7) is 7.07. The minimum atomic E-state index is -0.296. The molecule has 1 N–H and O–H groups in total. The molecular weight excluding hydrogens is 313 g/mol. The molecule has 0 aliphatic carbocycles. The highest BCUT2D eigenvalue weighted by atomic mass is 79.9. The predicted molar refractivity (Wildman–Crippen MR) is 78.2 cm³/mol. The second-order valence-electron chi connectivity index (χ2n) is 4.26. The van der Waals surface area contributed by atoms with E-state index in [9.17, 15) is 4.39 Å². The van der Waals surface area contributed by atoms with E-state index in [1.807, 2.05) is 13.8 Å². The number of ether oxygens (including phenoxy) is 2. The quantitative estimate of drug-likeness (QED) is 0.703. The van der Waals surface area contributed by atoms with E-state index in [1.54, 1.807) is 6.07 Å². The van der Waals surface area contributed by atoms with Crippen LogP contribution in [0.5, 0.6) is 5.75 Å². The molecule has 0 amide bonds. The molecule has 1 rings (SSSR count). The zero-order valence-corrected chi connectivity index (χ0v) is 13.0. The molecule has 1 atom stereocenters. The minimum Gasteiger partial charge on any atom is -0.488 e. The van der Waals surface area contributed by atoms with Crippen LogP contribution in [0.3, 0.4) is 0 Å². The van der Waals surface area contributed by atoms with Gasteiger partial charge in [0.15, 0.2) is 0 Å². The normalized spacial score (nSPS) is 12.4. The van der Waals surface area contributed by atoms with Gasteiger partial charge in [-0.15, -0.1) is 0 Å². The van der Waals surface area contributed by atoms with Crippen LogP contribution in [0.15, 0.2) is 22.7 Å². The SMILES string of the molecule is CCOCCCNCC(C)Oc1cc(F)ccc1Br. The van der Waals surface area contributed by atoms with Crippen molar-refractivity contribution < 1.29 is 13.9 Å². The Morgan fingerprint density at radius 1 is 1.42 bits per heavy atom. The Kier molecular flexibility index (Phi) is 8.02. The Morgan fingerprint density at radius 3 is 2.95 bits per heavy atom. The van der Waals surface area contributed by atoms with Crippen LogP contribution in [0.1, 0.15) is 20.3 Å². The van der Waals surface area contributed by atoms with Crippen LogP contribution in [-0.2, 0) is 4.74 Å². The lowest BCUT2D eigenvalue weighted by Gasteiger charge is -2.16. The molecule has 1 unspecified atom stereocenters. The summed E-state index contributed by atoms with van der Waals surface area (Å²) in [6, 6.07) is 4.43. The fourth-order valence-electron chi connectivity index (χ4n) is 1.57. The van der Waals surface area contributed by atoms with Crippen molar-refractivity contribution in [1.29, 1.82) is 0 Å². The molecule has 3 nitrogen and oxygen atoms in total. The molecule has 0 fully saturated rings. The first-order valence-electron chi connectivity index (χ1n) is 6.53. The Labute approximate surface area is 122 Å². The molecule has 108 valence electrons. The third kappa shape index (κ3) is 6.89. The summed E-state index contributed by atoms with van der Waals surface area (Å²) in [5, 5.41) is 3.28. The smallest absolute Gasteiger partial charge is 0.136 e. The lowest BCUT2D eigenvalue weighted by atomic mass is 10.3. The molecule has 0 aliphatic rings. The van der Waals surface area contributed by atoms with Gasteiger partial charge in [0.2, 0.25) is 0 Å². The molecule has 0 spiro atoms. The largest absolute Gasteiger partial charge is 0.488 e. The van der Waals surface area contributed by atoms with Gasteiger partial charge in [0, 0.05) is 25.8 Å². The van der Waals surface area contributed by atoms with Gasteiger partial charge in [0.05, 0.1) is 4.47 Å². The molecule has 0 saturated carbocycles. The maximum absolute atomic E-state index is 13.1. The third-order valence-electron chi connectivity index (χ3n) is 2.50. The van der Waals surface area contributed by atoms with Gasteiger partial charge < -0.3 is 14.8 Å². The zero-order valence-electron chi connectivity index (χ0n) is 11.4. The summed E-state index contributed by atoms with van der Waals surface area (Å²) < 4.78 is 24.8. The van der Waals surface area contributed by atoms with Gasteiger partial charge in [-0.05, 0) is 54.9 Å². The highest BCUT2D eigenvalue weighted by molar-refractivity contribution is 9.10. The fourth-order valence-corrected chi connectivity index (χ4v) is 1.91. The predicted octanol–water partition coefficient (Wildman–Crippen LogP) is 3.37. The summed E-state index contributed by atoms with van der Waals surface area (Å²) in [5.74, 6) is 0.235. The van der Waals surface area contributed by atoms with E-state index in [0.717, 1.165) is 37.2 Å². The summed E-state index contributed by atoms with van der Waals surface area (Å²) in [5.41, 5.74) is 0. The van der Waals surface area contributed by atoms with Crippen molar-refractivity contribution in [3.63, 3.8) is 0 Å². The average Bonchev–Trinajstić information content (AvgIpc) is 2.38. The van der Waals surface area contributed by atoms with Crippen LogP contribution in [0.4, 0.5) is 4.39 Å². The van der Waals surface area contributed by atoms with E-state index in [1.165, 1.54) is 12.1 Å². The minimum absolute atomic E-state index is 0.0230. The lowest BCUT2D eigenvalue weighted by Crippen LogP contribution is -2.30. The van der Waals surface area contributed by atoms with Crippen molar-refractivity contribution in [2.45, 2.75) is 26.4 Å². The van der Waals surface area contributed by atoms with Crippen LogP contribution < -0.4 is 10.1 Å². The second kappa shape index (κ2) is 9.28. The van der Waals surface area contributed by atoms with Crippen LogP contribution in [0.2, 0.25) is 0 Å². The van der Waals surface area contributed by atoms with Gasteiger partial charge in [-0.1, -0.05) is 0 Å². The van der Waals surface area contributed by atoms with Crippen LogP contribution in [-0.4, -0.2) is 32.4 Å². The van der Waals surface area contributed by atoms with Gasteiger partial charge in [-0.25, -0.2) is 4.39 Å². The van der Waals surface area contributed by atoms with Crippen molar-refractivity contribution in [3.8, 4) is 5.75 Å². The first-order chi connectivity index (χ1) is 9.13. The Morgan fingerprint density at radius 2 is 2.21 bits per heavy atom. The maximum atomic E-state index is 13.1. The van der Waals surface area contributed by atoms with Gasteiger partial charge in [0.1, 0.15) is 17.7 Å². The molecule has 1 aromatic rings. The molecule has 1 aromatic carbocycles. The molecule has 0 heterocycles. The van der Waals surface area contributed by atoms with Crippen LogP contribution >= 0.6 is 15.9 Å². The highest BCUT2D eigenvalue weighted by Crippen LogP contribution is 2.26. The van der Waals surface area contributed by atoms with E-state index in [4.69, 9.17) is 9.47 Å².